The van der Waals surface area contributed by atoms with Crippen LogP contribution >= 0.6 is 11.6 Å². The number of halogens is 1. The number of piperazine rings is 1. The molecule has 0 radical (unpaired) electrons. The Kier molecular flexibility index (Phi) is 6.73. The summed E-state index contributed by atoms with van der Waals surface area (Å²) in [7, 11) is 0. The average Bonchev–Trinajstić information content (AvgIpc) is 2.69. The molecule has 5 heteroatoms. The van der Waals surface area contributed by atoms with Crippen molar-refractivity contribution in [3.05, 3.63) is 51.5 Å². The predicted octanol–water partition coefficient (Wildman–Crippen LogP) is 4.87. The van der Waals surface area contributed by atoms with Gasteiger partial charge in [-0.1, -0.05) is 17.7 Å². The number of nitrogens with zero attached hydrogens (tertiary/aromatic N) is 2. The first-order valence-electron chi connectivity index (χ1n) is 10.0. The second kappa shape index (κ2) is 9.06. The van der Waals surface area contributed by atoms with E-state index in [9.17, 15) is 5.11 Å². The van der Waals surface area contributed by atoms with Crippen molar-refractivity contribution in [3.63, 3.8) is 0 Å². The minimum absolute atomic E-state index is 0.373. The molecule has 0 aromatic heterocycles. The minimum Gasteiger partial charge on any atom is -0.507 e. The lowest BCUT2D eigenvalue weighted by molar-refractivity contribution is 0.224. The lowest BCUT2D eigenvalue weighted by Gasteiger charge is -2.36. The first kappa shape index (κ1) is 20.8. The molecule has 1 aliphatic heterocycles. The zero-order valence-electron chi connectivity index (χ0n) is 17.4. The molecule has 0 atom stereocenters. The fourth-order valence-electron chi connectivity index (χ4n) is 3.79. The van der Waals surface area contributed by atoms with Crippen molar-refractivity contribution in [3.8, 4) is 11.5 Å². The molecule has 1 saturated heterocycles. The fourth-order valence-corrected chi connectivity index (χ4v) is 3.95. The third-order valence-electron chi connectivity index (χ3n) is 5.77. The molecule has 0 unspecified atom stereocenters. The van der Waals surface area contributed by atoms with Gasteiger partial charge in [0, 0.05) is 43.4 Å². The van der Waals surface area contributed by atoms with Crippen molar-refractivity contribution in [2.45, 2.75) is 34.1 Å². The van der Waals surface area contributed by atoms with Crippen LogP contribution < -0.4 is 9.64 Å². The Morgan fingerprint density at radius 1 is 0.964 bits per heavy atom. The quantitative estimate of drug-likeness (QED) is 0.699. The van der Waals surface area contributed by atoms with E-state index in [-0.39, 0.29) is 0 Å². The maximum absolute atomic E-state index is 10.0. The van der Waals surface area contributed by atoms with E-state index in [2.05, 4.69) is 28.9 Å². The molecule has 1 fully saturated rings. The van der Waals surface area contributed by atoms with Gasteiger partial charge >= 0.3 is 0 Å². The van der Waals surface area contributed by atoms with Gasteiger partial charge in [0.2, 0.25) is 0 Å². The molecule has 4 nitrogen and oxygen atoms in total. The smallest absolute Gasteiger partial charge is 0.122 e. The summed E-state index contributed by atoms with van der Waals surface area (Å²) >= 11 is 6.17. The van der Waals surface area contributed by atoms with E-state index in [0.717, 1.165) is 66.6 Å². The third kappa shape index (κ3) is 4.73. The number of phenols is 1. The summed E-state index contributed by atoms with van der Waals surface area (Å²) in [6.45, 7) is 13.9. The van der Waals surface area contributed by atoms with E-state index in [1.807, 2.05) is 32.9 Å². The SMILES string of the molecule is Cc1ccc(Cl)cc1N1CCN(CCCOc2cc(C)c(O)c(C)c2C)CC1. The van der Waals surface area contributed by atoms with Crippen LogP contribution in [0, 0.1) is 27.7 Å². The van der Waals surface area contributed by atoms with Gasteiger partial charge in [-0.3, -0.25) is 4.90 Å². The van der Waals surface area contributed by atoms with Gasteiger partial charge < -0.3 is 14.7 Å². The van der Waals surface area contributed by atoms with Gasteiger partial charge in [-0.05, 0) is 74.6 Å². The summed E-state index contributed by atoms with van der Waals surface area (Å²) in [4.78, 5) is 4.93. The minimum atomic E-state index is 0.373. The highest BCUT2D eigenvalue weighted by Gasteiger charge is 2.18. The lowest BCUT2D eigenvalue weighted by Crippen LogP contribution is -2.47. The van der Waals surface area contributed by atoms with Crippen LogP contribution in [-0.2, 0) is 0 Å². The van der Waals surface area contributed by atoms with Gasteiger partial charge in [0.15, 0.2) is 0 Å². The highest BCUT2D eigenvalue weighted by molar-refractivity contribution is 6.30. The maximum atomic E-state index is 10.0. The molecule has 0 spiro atoms. The van der Waals surface area contributed by atoms with Crippen LogP contribution in [0.2, 0.25) is 5.02 Å². The van der Waals surface area contributed by atoms with E-state index >= 15 is 0 Å². The standard InChI is InChI=1S/C23H31ClN2O2/c1-16-6-7-20(24)15-21(16)26-11-9-25(10-12-26)8-5-13-28-22-14-17(2)23(27)19(4)18(22)3/h6-7,14-15,27H,5,8-13H2,1-4H3. The zero-order valence-corrected chi connectivity index (χ0v) is 18.1. The molecular weight excluding hydrogens is 372 g/mol. The first-order valence-corrected chi connectivity index (χ1v) is 10.4. The molecule has 1 heterocycles. The van der Waals surface area contributed by atoms with Crippen LogP contribution in [-0.4, -0.2) is 49.3 Å². The van der Waals surface area contributed by atoms with E-state index in [0.29, 0.717) is 12.4 Å². The highest BCUT2D eigenvalue weighted by atomic mass is 35.5. The average molecular weight is 403 g/mol. The summed E-state index contributed by atoms with van der Waals surface area (Å²) in [6, 6.07) is 8.06. The Bertz CT molecular complexity index is 830. The molecule has 1 N–H and O–H groups in total. The van der Waals surface area contributed by atoms with Crippen molar-refractivity contribution in [1.29, 1.82) is 0 Å². The second-order valence-corrected chi connectivity index (χ2v) is 8.19. The van der Waals surface area contributed by atoms with Crippen molar-refractivity contribution in [1.82, 2.24) is 4.90 Å². The molecule has 3 rings (SSSR count). The van der Waals surface area contributed by atoms with Gasteiger partial charge in [0.1, 0.15) is 11.5 Å². The summed E-state index contributed by atoms with van der Waals surface area (Å²) in [5, 5.41) is 10.8. The summed E-state index contributed by atoms with van der Waals surface area (Å²) in [5.74, 6) is 1.26. The molecule has 0 bridgehead atoms. The van der Waals surface area contributed by atoms with Crippen LogP contribution in [0.1, 0.15) is 28.7 Å². The lowest BCUT2D eigenvalue weighted by atomic mass is 10.0. The number of hydrogen-bond acceptors (Lipinski definition) is 4. The molecule has 0 saturated carbocycles. The Morgan fingerprint density at radius 3 is 2.39 bits per heavy atom. The molecule has 152 valence electrons. The van der Waals surface area contributed by atoms with Gasteiger partial charge in [0.05, 0.1) is 6.61 Å². The van der Waals surface area contributed by atoms with E-state index < -0.39 is 0 Å². The number of aromatic hydroxyl groups is 1. The summed E-state index contributed by atoms with van der Waals surface area (Å²) in [5.41, 5.74) is 5.33. The molecule has 0 amide bonds. The van der Waals surface area contributed by atoms with Gasteiger partial charge in [-0.15, -0.1) is 0 Å². The second-order valence-electron chi connectivity index (χ2n) is 7.75. The number of ether oxygens (including phenoxy) is 1. The van der Waals surface area contributed by atoms with Gasteiger partial charge in [-0.2, -0.15) is 0 Å². The normalized spacial score (nSPS) is 15.1. The highest BCUT2D eigenvalue weighted by Crippen LogP contribution is 2.32. The summed E-state index contributed by atoms with van der Waals surface area (Å²) in [6.07, 6.45) is 0.995. The number of benzene rings is 2. The van der Waals surface area contributed by atoms with Crippen LogP contribution in [0.3, 0.4) is 0 Å². The fraction of sp³-hybridized carbons (Fsp3) is 0.478. The van der Waals surface area contributed by atoms with Crippen molar-refractivity contribution >= 4 is 17.3 Å². The molecule has 1 aliphatic rings. The maximum Gasteiger partial charge on any atom is 0.122 e. The number of phenolic OH excluding ortho intramolecular Hbond substituents is 1. The predicted molar refractivity (Wildman–Crippen MR) is 117 cm³/mol. The van der Waals surface area contributed by atoms with Crippen molar-refractivity contribution < 1.29 is 9.84 Å². The van der Waals surface area contributed by atoms with E-state index in [1.54, 1.807) is 0 Å². The van der Waals surface area contributed by atoms with Crippen molar-refractivity contribution in [2.24, 2.45) is 0 Å². The largest absolute Gasteiger partial charge is 0.507 e. The first-order chi connectivity index (χ1) is 13.4. The molecule has 28 heavy (non-hydrogen) atoms. The topological polar surface area (TPSA) is 35.9 Å². The van der Waals surface area contributed by atoms with Crippen LogP contribution in [0.5, 0.6) is 11.5 Å². The molecule has 2 aromatic carbocycles. The molecule has 2 aromatic rings. The number of aryl methyl sites for hydroxylation is 2. The zero-order chi connectivity index (χ0) is 20.3. The van der Waals surface area contributed by atoms with Crippen LogP contribution in [0.25, 0.3) is 0 Å². The number of hydrogen-bond donors (Lipinski definition) is 1. The Balaban J connectivity index is 1.45. The Labute approximate surface area is 173 Å². The van der Waals surface area contributed by atoms with Gasteiger partial charge in [-0.25, -0.2) is 0 Å². The third-order valence-corrected chi connectivity index (χ3v) is 6.00. The Hall–Kier alpha value is -1.91. The van der Waals surface area contributed by atoms with Gasteiger partial charge in [0.25, 0.3) is 0 Å². The monoisotopic (exact) mass is 402 g/mol. The van der Waals surface area contributed by atoms with Crippen molar-refractivity contribution in [2.75, 3.05) is 44.2 Å². The summed E-state index contributed by atoms with van der Waals surface area (Å²) < 4.78 is 6.00. The molecular formula is C23H31ClN2O2. The Morgan fingerprint density at radius 2 is 1.68 bits per heavy atom. The van der Waals surface area contributed by atoms with Crippen LogP contribution in [0.15, 0.2) is 24.3 Å². The molecule has 0 aliphatic carbocycles. The number of rotatable bonds is 6. The van der Waals surface area contributed by atoms with E-state index in [4.69, 9.17) is 16.3 Å². The van der Waals surface area contributed by atoms with E-state index in [1.165, 1.54) is 11.3 Å². The number of anilines is 1. The van der Waals surface area contributed by atoms with Crippen LogP contribution in [0.4, 0.5) is 5.69 Å².